The number of nitrogens with one attached hydrogen (secondary N) is 1. The third-order valence-electron chi connectivity index (χ3n) is 4.59. The summed E-state index contributed by atoms with van der Waals surface area (Å²) in [5.41, 5.74) is -0.391. The summed E-state index contributed by atoms with van der Waals surface area (Å²) in [5.74, 6) is -0.271. The Hall–Kier alpha value is -3.42. The molecule has 34 heavy (non-hydrogen) atoms. The summed E-state index contributed by atoms with van der Waals surface area (Å²) in [7, 11) is -4.20. The molecule has 0 aliphatic carbocycles. The van der Waals surface area contributed by atoms with Crippen molar-refractivity contribution in [3.63, 3.8) is 0 Å². The fourth-order valence-corrected chi connectivity index (χ4v) is 4.49. The maximum absolute atomic E-state index is 13.8. The van der Waals surface area contributed by atoms with Crippen LogP contribution in [0.4, 0.5) is 5.69 Å². The molecule has 9 nitrogen and oxygen atoms in total. The third kappa shape index (κ3) is 6.79. The predicted octanol–water partition coefficient (Wildman–Crippen LogP) is 5.88. The molecule has 0 saturated carbocycles. The van der Waals surface area contributed by atoms with Gasteiger partial charge in [-0.1, -0.05) is 57.2 Å². The Morgan fingerprint density at radius 1 is 1.03 bits per heavy atom. The van der Waals surface area contributed by atoms with E-state index in [0.29, 0.717) is 5.39 Å². The zero-order valence-corrected chi connectivity index (χ0v) is 20.3. The summed E-state index contributed by atoms with van der Waals surface area (Å²) < 4.78 is 30.6. The molecular formula is C24H27N2O7P. The standard InChI is InChI=1S/C24H27N2O7P/c1-17(23(27)31-16-24(2,3)4)25-34(30,32-20-14-12-19(13-15-20)26(28)29)33-22-11-7-9-18-8-5-6-10-21(18)22/h5-15,17H,16H2,1-4H3,(H,25,30)/t17-,34-/m0/s1. The number of fused-ring (bicyclic) bond motifs is 1. The predicted molar refractivity (Wildman–Crippen MR) is 129 cm³/mol. The van der Waals surface area contributed by atoms with Crippen molar-refractivity contribution in [1.82, 2.24) is 5.09 Å². The number of nitro benzene ring substituents is 1. The number of esters is 1. The van der Waals surface area contributed by atoms with Crippen molar-refractivity contribution in [2.24, 2.45) is 5.41 Å². The highest BCUT2D eigenvalue weighted by Crippen LogP contribution is 2.47. The Morgan fingerprint density at radius 2 is 1.68 bits per heavy atom. The molecule has 0 saturated heterocycles. The number of nitro groups is 1. The van der Waals surface area contributed by atoms with Gasteiger partial charge in [0.15, 0.2) is 0 Å². The number of carbonyl (C=O) groups excluding carboxylic acids is 1. The number of carbonyl (C=O) groups is 1. The van der Waals surface area contributed by atoms with Crippen molar-refractivity contribution in [1.29, 1.82) is 0 Å². The molecule has 3 rings (SSSR count). The minimum absolute atomic E-state index is 0.0666. The van der Waals surface area contributed by atoms with E-state index in [-0.39, 0.29) is 29.2 Å². The zero-order valence-electron chi connectivity index (χ0n) is 19.4. The van der Waals surface area contributed by atoms with Crippen molar-refractivity contribution < 1.29 is 28.1 Å². The summed E-state index contributed by atoms with van der Waals surface area (Å²) in [6, 6.07) is 16.7. The summed E-state index contributed by atoms with van der Waals surface area (Å²) in [5, 5.41) is 15.1. The van der Waals surface area contributed by atoms with E-state index in [9.17, 15) is 19.5 Å². The largest absolute Gasteiger partial charge is 0.513 e. The smallest absolute Gasteiger partial charge is 0.464 e. The lowest BCUT2D eigenvalue weighted by atomic mass is 9.99. The number of hydrogen-bond acceptors (Lipinski definition) is 7. The Bertz CT molecular complexity index is 1220. The second kappa shape index (κ2) is 10.2. The normalized spacial score (nSPS) is 14.1. The third-order valence-corrected chi connectivity index (χ3v) is 6.19. The SMILES string of the molecule is C[C@H](N[P@](=O)(Oc1ccc([N+](=O)[O-])cc1)Oc1cccc2ccccc12)C(=O)OCC(C)(C)C. The van der Waals surface area contributed by atoms with E-state index in [4.69, 9.17) is 13.8 Å². The lowest BCUT2D eigenvalue weighted by Crippen LogP contribution is -2.37. The van der Waals surface area contributed by atoms with Crippen molar-refractivity contribution in [3.8, 4) is 11.5 Å². The van der Waals surface area contributed by atoms with Crippen molar-refractivity contribution >= 4 is 30.2 Å². The van der Waals surface area contributed by atoms with Gasteiger partial charge in [-0.2, -0.15) is 5.09 Å². The first-order chi connectivity index (χ1) is 16.0. The lowest BCUT2D eigenvalue weighted by Gasteiger charge is -2.24. The highest BCUT2D eigenvalue weighted by atomic mass is 31.2. The first kappa shape index (κ1) is 25.2. The van der Waals surface area contributed by atoms with Crippen LogP contribution in [0.5, 0.6) is 11.5 Å². The number of ether oxygens (including phenoxy) is 1. The topological polar surface area (TPSA) is 117 Å². The molecule has 10 heteroatoms. The van der Waals surface area contributed by atoms with E-state index in [1.54, 1.807) is 12.1 Å². The first-order valence-electron chi connectivity index (χ1n) is 10.6. The van der Waals surface area contributed by atoms with Crippen molar-refractivity contribution in [3.05, 3.63) is 76.8 Å². The van der Waals surface area contributed by atoms with Crippen LogP contribution in [0.2, 0.25) is 0 Å². The Balaban J connectivity index is 1.89. The van der Waals surface area contributed by atoms with Gasteiger partial charge >= 0.3 is 13.7 Å². The van der Waals surface area contributed by atoms with Crippen LogP contribution in [-0.4, -0.2) is 23.5 Å². The van der Waals surface area contributed by atoms with Crippen molar-refractivity contribution in [2.45, 2.75) is 33.7 Å². The Labute approximate surface area is 197 Å². The molecule has 0 amide bonds. The van der Waals surface area contributed by atoms with Crippen LogP contribution in [0.15, 0.2) is 66.7 Å². The molecule has 180 valence electrons. The Kier molecular flexibility index (Phi) is 7.59. The number of non-ortho nitro benzene ring substituents is 1. The molecule has 2 atom stereocenters. The van der Waals surface area contributed by atoms with E-state index < -0.39 is 24.7 Å². The fraction of sp³-hybridized carbons (Fsp3) is 0.292. The summed E-state index contributed by atoms with van der Waals surface area (Å²) in [6.45, 7) is 7.43. The molecular weight excluding hydrogens is 459 g/mol. The average Bonchev–Trinajstić information content (AvgIpc) is 2.77. The zero-order chi connectivity index (χ0) is 24.9. The molecule has 0 unspecified atom stereocenters. The van der Waals surface area contributed by atoms with Gasteiger partial charge in [0.2, 0.25) is 0 Å². The van der Waals surface area contributed by atoms with Gasteiger partial charge in [0.25, 0.3) is 5.69 Å². The Morgan fingerprint density at radius 3 is 2.32 bits per heavy atom. The van der Waals surface area contributed by atoms with Gasteiger partial charge in [0.1, 0.15) is 17.5 Å². The maximum atomic E-state index is 13.8. The fourth-order valence-electron chi connectivity index (χ4n) is 2.95. The second-order valence-electron chi connectivity index (χ2n) is 8.93. The van der Waals surface area contributed by atoms with Crippen LogP contribution in [-0.2, 0) is 14.1 Å². The molecule has 0 aliphatic rings. The first-order valence-corrected chi connectivity index (χ1v) is 12.2. The van der Waals surface area contributed by atoms with E-state index in [1.807, 2.05) is 51.1 Å². The summed E-state index contributed by atoms with van der Waals surface area (Å²) >= 11 is 0. The van der Waals surface area contributed by atoms with Gasteiger partial charge < -0.3 is 13.8 Å². The minimum Gasteiger partial charge on any atom is -0.464 e. The van der Waals surface area contributed by atoms with Crippen LogP contribution in [0.3, 0.4) is 0 Å². The van der Waals surface area contributed by atoms with E-state index in [1.165, 1.54) is 31.2 Å². The van der Waals surface area contributed by atoms with E-state index in [0.717, 1.165) is 5.39 Å². The monoisotopic (exact) mass is 486 g/mol. The van der Waals surface area contributed by atoms with Gasteiger partial charge in [-0.15, -0.1) is 0 Å². The summed E-state index contributed by atoms with van der Waals surface area (Å²) in [4.78, 5) is 22.9. The summed E-state index contributed by atoms with van der Waals surface area (Å²) in [6.07, 6.45) is 0. The molecule has 0 heterocycles. The van der Waals surface area contributed by atoms with Crippen LogP contribution in [0.1, 0.15) is 27.7 Å². The van der Waals surface area contributed by atoms with Gasteiger partial charge in [-0.25, -0.2) is 4.57 Å². The number of benzene rings is 3. The van der Waals surface area contributed by atoms with Gasteiger partial charge in [0.05, 0.1) is 11.5 Å². The molecule has 0 spiro atoms. The van der Waals surface area contributed by atoms with Gasteiger partial charge in [-0.3, -0.25) is 14.9 Å². The highest BCUT2D eigenvalue weighted by molar-refractivity contribution is 7.52. The van der Waals surface area contributed by atoms with Crippen LogP contribution >= 0.6 is 7.75 Å². The van der Waals surface area contributed by atoms with Crippen LogP contribution in [0.25, 0.3) is 10.8 Å². The molecule has 0 fully saturated rings. The molecule has 0 bridgehead atoms. The maximum Gasteiger partial charge on any atom is 0.513 e. The molecule has 0 radical (unpaired) electrons. The quantitative estimate of drug-likeness (QED) is 0.172. The number of nitrogens with zero attached hydrogens (tertiary/aromatic N) is 1. The van der Waals surface area contributed by atoms with Crippen LogP contribution < -0.4 is 14.1 Å². The second-order valence-corrected chi connectivity index (χ2v) is 10.5. The number of hydrogen-bond donors (Lipinski definition) is 1. The molecule has 0 aromatic heterocycles. The van der Waals surface area contributed by atoms with E-state index >= 15 is 0 Å². The molecule has 3 aromatic carbocycles. The van der Waals surface area contributed by atoms with Gasteiger partial charge in [-0.05, 0) is 35.9 Å². The van der Waals surface area contributed by atoms with Crippen LogP contribution in [0, 0.1) is 15.5 Å². The number of rotatable bonds is 9. The molecule has 0 aliphatic heterocycles. The van der Waals surface area contributed by atoms with E-state index in [2.05, 4.69) is 5.09 Å². The molecule has 3 aromatic rings. The van der Waals surface area contributed by atoms with Crippen molar-refractivity contribution in [2.75, 3.05) is 6.61 Å². The highest BCUT2D eigenvalue weighted by Gasteiger charge is 2.34. The average molecular weight is 486 g/mol. The molecule has 1 N–H and O–H groups in total. The van der Waals surface area contributed by atoms with Gasteiger partial charge in [0, 0.05) is 17.5 Å². The minimum atomic E-state index is -4.20. The lowest BCUT2D eigenvalue weighted by molar-refractivity contribution is -0.384.